The van der Waals surface area contributed by atoms with Crippen molar-refractivity contribution < 1.29 is 9.32 Å². The molecule has 5 aliphatic rings. The Bertz CT molecular complexity index is 870. The Morgan fingerprint density at radius 2 is 1.97 bits per heavy atom. The molecule has 4 aliphatic carbocycles. The third kappa shape index (κ3) is 3.61. The van der Waals surface area contributed by atoms with Crippen LogP contribution in [0, 0.1) is 29.1 Å². The Hall–Kier alpha value is -1.69. The molecule has 30 heavy (non-hydrogen) atoms. The smallest absolute Gasteiger partial charge is 0.227 e. The van der Waals surface area contributed by atoms with Crippen LogP contribution in [0.1, 0.15) is 63.7 Å². The number of amides is 1. The van der Waals surface area contributed by atoms with Gasteiger partial charge in [0.05, 0.1) is 0 Å². The van der Waals surface area contributed by atoms with Gasteiger partial charge in [-0.15, -0.1) is 0 Å². The summed E-state index contributed by atoms with van der Waals surface area (Å²) in [5, 5.41) is 8.21. The first kappa shape index (κ1) is 19.0. The van der Waals surface area contributed by atoms with Gasteiger partial charge < -0.3 is 9.42 Å². The van der Waals surface area contributed by atoms with Crippen molar-refractivity contribution in [2.24, 2.45) is 29.1 Å². The molecule has 2 aromatic rings. The highest BCUT2D eigenvalue weighted by molar-refractivity contribution is 7.08. The normalized spacial score (nSPS) is 35.1. The number of nitrogens with zero attached hydrogens (tertiary/aromatic N) is 3. The molecule has 0 aromatic carbocycles. The van der Waals surface area contributed by atoms with Crippen molar-refractivity contribution in [1.29, 1.82) is 0 Å². The monoisotopic (exact) mass is 425 g/mol. The van der Waals surface area contributed by atoms with Crippen LogP contribution in [0.5, 0.6) is 0 Å². The van der Waals surface area contributed by atoms with Gasteiger partial charge in [-0.25, -0.2) is 0 Å². The molecule has 1 amide bonds. The topological polar surface area (TPSA) is 59.2 Å². The summed E-state index contributed by atoms with van der Waals surface area (Å²) in [6.45, 7) is 1.77. The Morgan fingerprint density at radius 3 is 2.67 bits per heavy atom. The van der Waals surface area contributed by atoms with Crippen LogP contribution in [0.25, 0.3) is 11.4 Å². The number of thiophene rings is 1. The first-order chi connectivity index (χ1) is 14.6. The van der Waals surface area contributed by atoms with E-state index in [-0.39, 0.29) is 0 Å². The standard InChI is InChI=1S/C24H31N3O2S/c28-22(13-24-10-17-6-18(11-24)8-19(7-17)12-24)27-4-1-2-16(14-27)9-21-25-23(26-29-21)20-3-5-30-15-20/h3,5,15-19H,1-2,4,6-14H2. The van der Waals surface area contributed by atoms with E-state index in [2.05, 4.69) is 15.0 Å². The maximum absolute atomic E-state index is 13.3. The molecule has 7 rings (SSSR count). The largest absolute Gasteiger partial charge is 0.342 e. The van der Waals surface area contributed by atoms with E-state index in [1.54, 1.807) is 11.3 Å². The molecular formula is C24H31N3O2S. The van der Waals surface area contributed by atoms with Crippen LogP contribution in [0.15, 0.2) is 21.3 Å². The van der Waals surface area contributed by atoms with Crippen molar-refractivity contribution in [2.75, 3.05) is 13.1 Å². The second-order valence-corrected chi connectivity index (χ2v) is 11.5. The Morgan fingerprint density at radius 1 is 1.20 bits per heavy atom. The van der Waals surface area contributed by atoms with E-state index in [4.69, 9.17) is 4.52 Å². The molecule has 1 aliphatic heterocycles. The number of rotatable bonds is 5. The molecule has 1 unspecified atom stereocenters. The molecule has 0 spiro atoms. The van der Waals surface area contributed by atoms with Crippen molar-refractivity contribution in [2.45, 2.75) is 64.2 Å². The number of carbonyl (C=O) groups is 1. The predicted octanol–water partition coefficient (Wildman–Crippen LogP) is 5.19. The summed E-state index contributed by atoms with van der Waals surface area (Å²) in [5.74, 6) is 4.95. The molecule has 1 saturated heterocycles. The number of hydrogen-bond donors (Lipinski definition) is 0. The van der Waals surface area contributed by atoms with E-state index in [0.717, 1.165) is 62.1 Å². The first-order valence-corrected chi connectivity index (χ1v) is 12.7. The highest BCUT2D eigenvalue weighted by atomic mass is 32.1. The third-order valence-corrected chi connectivity index (χ3v) is 8.96. The zero-order valence-corrected chi connectivity index (χ0v) is 18.4. The van der Waals surface area contributed by atoms with E-state index in [9.17, 15) is 4.79 Å². The number of aromatic nitrogens is 2. The molecule has 5 nitrogen and oxygen atoms in total. The average Bonchev–Trinajstić information content (AvgIpc) is 3.38. The summed E-state index contributed by atoms with van der Waals surface area (Å²) < 4.78 is 5.52. The van der Waals surface area contributed by atoms with Crippen LogP contribution < -0.4 is 0 Å². The van der Waals surface area contributed by atoms with Gasteiger partial charge in [-0.3, -0.25) is 4.79 Å². The van der Waals surface area contributed by atoms with E-state index in [0.29, 0.717) is 29.0 Å². The zero-order valence-electron chi connectivity index (χ0n) is 17.6. The second kappa shape index (κ2) is 7.47. The molecule has 4 saturated carbocycles. The van der Waals surface area contributed by atoms with Crippen molar-refractivity contribution in [3.05, 3.63) is 22.7 Å². The molecule has 1 atom stereocenters. The van der Waals surface area contributed by atoms with Crippen LogP contribution in [0.4, 0.5) is 0 Å². The average molecular weight is 426 g/mol. The number of piperidine rings is 1. The lowest BCUT2D eigenvalue weighted by Crippen LogP contribution is -2.49. The lowest BCUT2D eigenvalue weighted by Gasteiger charge is -2.57. The Kier molecular flexibility index (Phi) is 4.74. The van der Waals surface area contributed by atoms with Gasteiger partial charge in [0.2, 0.25) is 17.6 Å². The maximum Gasteiger partial charge on any atom is 0.227 e. The minimum absolute atomic E-state index is 0.334. The number of hydrogen-bond acceptors (Lipinski definition) is 5. The summed E-state index contributed by atoms with van der Waals surface area (Å²) >= 11 is 1.64. The molecule has 4 bridgehead atoms. The Labute approximate surface area is 182 Å². The molecule has 0 radical (unpaired) electrons. The fourth-order valence-corrected chi connectivity index (χ4v) is 8.13. The van der Waals surface area contributed by atoms with Crippen molar-refractivity contribution in [3.8, 4) is 11.4 Å². The predicted molar refractivity (Wildman–Crippen MR) is 116 cm³/mol. The van der Waals surface area contributed by atoms with E-state index in [1.165, 1.54) is 38.5 Å². The van der Waals surface area contributed by atoms with Crippen molar-refractivity contribution in [3.63, 3.8) is 0 Å². The summed E-state index contributed by atoms with van der Waals surface area (Å²) in [4.78, 5) is 20.1. The van der Waals surface area contributed by atoms with Crippen LogP contribution in [0.3, 0.4) is 0 Å². The number of likely N-dealkylation sites (tertiary alicyclic amines) is 1. The van der Waals surface area contributed by atoms with Crippen molar-refractivity contribution in [1.82, 2.24) is 15.0 Å². The van der Waals surface area contributed by atoms with Gasteiger partial charge in [0.1, 0.15) is 0 Å². The van der Waals surface area contributed by atoms with Gasteiger partial charge in [0.15, 0.2) is 0 Å². The fourth-order valence-electron chi connectivity index (χ4n) is 7.49. The maximum atomic E-state index is 13.3. The highest BCUT2D eigenvalue weighted by Crippen LogP contribution is 2.61. The third-order valence-electron chi connectivity index (χ3n) is 8.27. The van der Waals surface area contributed by atoms with Gasteiger partial charge in [-0.05, 0) is 91.9 Å². The summed E-state index contributed by atoms with van der Waals surface area (Å²) in [5.41, 5.74) is 1.35. The van der Waals surface area contributed by atoms with Gasteiger partial charge >= 0.3 is 0 Å². The minimum Gasteiger partial charge on any atom is -0.342 e. The quantitative estimate of drug-likeness (QED) is 0.662. The van der Waals surface area contributed by atoms with Gasteiger partial charge in [0, 0.05) is 36.9 Å². The fraction of sp³-hybridized carbons (Fsp3) is 0.708. The molecule has 3 heterocycles. The molecule has 2 aromatic heterocycles. The zero-order chi connectivity index (χ0) is 20.1. The van der Waals surface area contributed by atoms with Gasteiger partial charge in [-0.1, -0.05) is 5.16 Å². The van der Waals surface area contributed by atoms with Crippen LogP contribution >= 0.6 is 11.3 Å². The summed E-state index contributed by atoms with van der Waals surface area (Å²) in [7, 11) is 0. The molecule has 160 valence electrons. The highest BCUT2D eigenvalue weighted by Gasteiger charge is 2.51. The first-order valence-electron chi connectivity index (χ1n) is 11.8. The minimum atomic E-state index is 0.334. The molecular weight excluding hydrogens is 394 g/mol. The Balaban J connectivity index is 1.08. The van der Waals surface area contributed by atoms with Crippen LogP contribution in [-0.2, 0) is 11.2 Å². The SMILES string of the molecule is O=C(CC12CC3CC(CC(C3)C1)C2)N1CCCC(Cc2nc(-c3ccsc3)no2)C1. The van der Waals surface area contributed by atoms with E-state index < -0.39 is 0 Å². The summed E-state index contributed by atoms with van der Waals surface area (Å²) in [6, 6.07) is 2.02. The van der Waals surface area contributed by atoms with Gasteiger partial charge in [0.25, 0.3) is 0 Å². The van der Waals surface area contributed by atoms with Crippen LogP contribution in [0.2, 0.25) is 0 Å². The molecule has 6 heteroatoms. The van der Waals surface area contributed by atoms with E-state index >= 15 is 0 Å². The van der Waals surface area contributed by atoms with E-state index in [1.807, 2.05) is 16.8 Å². The lowest BCUT2D eigenvalue weighted by molar-refractivity contribution is -0.141. The summed E-state index contributed by atoms with van der Waals surface area (Å²) in [6.07, 6.45) is 12.1. The molecule has 0 N–H and O–H groups in total. The molecule has 5 fully saturated rings. The van der Waals surface area contributed by atoms with Crippen LogP contribution in [-0.4, -0.2) is 34.0 Å². The second-order valence-electron chi connectivity index (χ2n) is 10.7. The number of carbonyl (C=O) groups excluding carboxylic acids is 1. The lowest BCUT2D eigenvalue weighted by atomic mass is 9.49. The van der Waals surface area contributed by atoms with Gasteiger partial charge in [-0.2, -0.15) is 16.3 Å². The van der Waals surface area contributed by atoms with Crippen molar-refractivity contribution >= 4 is 17.2 Å².